The second kappa shape index (κ2) is 9.61. The zero-order valence-corrected chi connectivity index (χ0v) is 16.8. The van der Waals surface area contributed by atoms with E-state index in [0.717, 1.165) is 29.0 Å². The quantitative estimate of drug-likeness (QED) is 0.421. The number of hydrogen-bond donors (Lipinski definition) is 2. The highest BCUT2D eigenvalue weighted by molar-refractivity contribution is 14.0. The number of oxazole rings is 1. The Morgan fingerprint density at radius 2 is 2.00 bits per heavy atom. The van der Waals surface area contributed by atoms with E-state index in [1.807, 2.05) is 26.8 Å². The van der Waals surface area contributed by atoms with E-state index in [1.54, 1.807) is 13.1 Å². The van der Waals surface area contributed by atoms with Gasteiger partial charge in [-0.2, -0.15) is 0 Å². The molecule has 0 amide bonds. The first-order valence-corrected chi connectivity index (χ1v) is 7.62. The Morgan fingerprint density at radius 1 is 1.25 bits per heavy atom. The molecule has 0 atom stereocenters. The molecule has 0 spiro atoms. The first-order chi connectivity index (χ1) is 11.0. The maximum atomic E-state index is 13.1. The van der Waals surface area contributed by atoms with Crippen LogP contribution in [-0.2, 0) is 13.0 Å². The number of guanidine groups is 1. The fourth-order valence-corrected chi connectivity index (χ4v) is 2.25. The van der Waals surface area contributed by atoms with Gasteiger partial charge in [0.25, 0.3) is 0 Å². The molecule has 1 aromatic heterocycles. The Morgan fingerprint density at radius 3 is 2.58 bits per heavy atom. The van der Waals surface area contributed by atoms with Gasteiger partial charge in [-0.3, -0.25) is 4.99 Å². The second-order valence-corrected chi connectivity index (χ2v) is 5.42. The Balaban J connectivity index is 0.00000288. The summed E-state index contributed by atoms with van der Waals surface area (Å²) in [7, 11) is 1.71. The molecular formula is C17H24FIN4O. The van der Waals surface area contributed by atoms with Gasteiger partial charge in [0.1, 0.15) is 11.6 Å². The molecule has 5 nitrogen and oxygen atoms in total. The van der Waals surface area contributed by atoms with Crippen LogP contribution in [0.3, 0.4) is 0 Å². The van der Waals surface area contributed by atoms with E-state index in [-0.39, 0.29) is 29.8 Å². The van der Waals surface area contributed by atoms with Crippen LogP contribution in [0.15, 0.2) is 27.6 Å². The molecule has 1 heterocycles. The van der Waals surface area contributed by atoms with Crippen molar-refractivity contribution in [1.29, 1.82) is 0 Å². The van der Waals surface area contributed by atoms with Crippen molar-refractivity contribution in [2.75, 3.05) is 13.6 Å². The van der Waals surface area contributed by atoms with Crippen LogP contribution in [0.4, 0.5) is 4.39 Å². The van der Waals surface area contributed by atoms with Crippen LogP contribution >= 0.6 is 24.0 Å². The van der Waals surface area contributed by atoms with Gasteiger partial charge < -0.3 is 15.1 Å². The predicted molar refractivity (Wildman–Crippen MR) is 104 cm³/mol. The summed E-state index contributed by atoms with van der Waals surface area (Å²) < 4.78 is 18.6. The lowest BCUT2D eigenvalue weighted by Gasteiger charge is -2.11. The summed E-state index contributed by atoms with van der Waals surface area (Å²) >= 11 is 0. The van der Waals surface area contributed by atoms with Crippen LogP contribution in [0.1, 0.15) is 28.5 Å². The van der Waals surface area contributed by atoms with E-state index < -0.39 is 0 Å². The highest BCUT2D eigenvalue weighted by Crippen LogP contribution is 2.10. The van der Waals surface area contributed by atoms with Crippen molar-refractivity contribution < 1.29 is 8.81 Å². The minimum absolute atomic E-state index is 0. The Kier molecular flexibility index (Phi) is 8.17. The number of aliphatic imine (C=N–C) groups is 1. The summed E-state index contributed by atoms with van der Waals surface area (Å²) in [5.41, 5.74) is 2.98. The summed E-state index contributed by atoms with van der Waals surface area (Å²) in [4.78, 5) is 8.48. The van der Waals surface area contributed by atoms with E-state index in [9.17, 15) is 4.39 Å². The lowest BCUT2D eigenvalue weighted by atomic mass is 10.1. The lowest BCUT2D eigenvalue weighted by molar-refractivity contribution is 0.464. The summed E-state index contributed by atoms with van der Waals surface area (Å²) in [6.45, 7) is 6.91. The van der Waals surface area contributed by atoms with Crippen molar-refractivity contribution in [2.24, 2.45) is 4.99 Å². The van der Waals surface area contributed by atoms with Crippen molar-refractivity contribution in [3.63, 3.8) is 0 Å². The standard InChI is InChI=1S/C17H23FN4O.HI/c1-11-9-15(18)6-5-14(11)7-8-20-17(19-4)21-10-16-22-12(2)13(3)23-16;/h5-6,9H,7-8,10H2,1-4H3,(H2,19,20,21);1H. The Bertz CT molecular complexity index is 680. The van der Waals surface area contributed by atoms with Gasteiger partial charge in [-0.1, -0.05) is 6.07 Å². The van der Waals surface area contributed by atoms with Crippen molar-refractivity contribution in [3.05, 3.63) is 52.5 Å². The maximum Gasteiger partial charge on any atom is 0.214 e. The molecule has 0 saturated heterocycles. The van der Waals surface area contributed by atoms with Crippen molar-refractivity contribution in [3.8, 4) is 0 Å². The molecular weight excluding hydrogens is 422 g/mol. The third-order valence-corrected chi connectivity index (χ3v) is 3.69. The third-order valence-electron chi connectivity index (χ3n) is 3.69. The topological polar surface area (TPSA) is 62.5 Å². The molecule has 24 heavy (non-hydrogen) atoms. The van der Waals surface area contributed by atoms with Crippen LogP contribution in [0.2, 0.25) is 0 Å². The van der Waals surface area contributed by atoms with E-state index in [2.05, 4.69) is 20.6 Å². The minimum Gasteiger partial charge on any atom is -0.444 e. The fourth-order valence-electron chi connectivity index (χ4n) is 2.25. The summed E-state index contributed by atoms with van der Waals surface area (Å²) in [6, 6.07) is 4.86. The van der Waals surface area contributed by atoms with Gasteiger partial charge in [-0.05, 0) is 50.5 Å². The molecule has 2 N–H and O–H groups in total. The Hall–Kier alpha value is -1.64. The molecule has 0 bridgehead atoms. The van der Waals surface area contributed by atoms with Gasteiger partial charge in [0.05, 0.1) is 12.2 Å². The molecule has 0 saturated carbocycles. The lowest BCUT2D eigenvalue weighted by Crippen LogP contribution is -2.38. The van der Waals surface area contributed by atoms with Gasteiger partial charge >= 0.3 is 0 Å². The number of rotatable bonds is 5. The maximum absolute atomic E-state index is 13.1. The molecule has 1 aromatic carbocycles. The van der Waals surface area contributed by atoms with Crippen molar-refractivity contribution >= 4 is 29.9 Å². The number of nitrogens with one attached hydrogen (secondary N) is 2. The van der Waals surface area contributed by atoms with Gasteiger partial charge in [0.15, 0.2) is 5.96 Å². The molecule has 0 unspecified atom stereocenters. The van der Waals surface area contributed by atoms with Crippen molar-refractivity contribution in [1.82, 2.24) is 15.6 Å². The van der Waals surface area contributed by atoms with Gasteiger partial charge in [-0.25, -0.2) is 9.37 Å². The molecule has 132 valence electrons. The first-order valence-electron chi connectivity index (χ1n) is 7.62. The van der Waals surface area contributed by atoms with Crippen LogP contribution < -0.4 is 10.6 Å². The number of aromatic nitrogens is 1. The molecule has 2 aromatic rings. The summed E-state index contributed by atoms with van der Waals surface area (Å²) in [6.07, 6.45) is 0.796. The van der Waals surface area contributed by atoms with Gasteiger partial charge in [0, 0.05) is 13.6 Å². The highest BCUT2D eigenvalue weighted by Gasteiger charge is 2.06. The van der Waals surface area contributed by atoms with Gasteiger partial charge in [-0.15, -0.1) is 24.0 Å². The van der Waals surface area contributed by atoms with Crippen LogP contribution in [0.5, 0.6) is 0 Å². The highest BCUT2D eigenvalue weighted by atomic mass is 127. The number of benzene rings is 1. The monoisotopic (exact) mass is 446 g/mol. The molecule has 0 aliphatic carbocycles. The van der Waals surface area contributed by atoms with Crippen LogP contribution in [0.25, 0.3) is 0 Å². The van der Waals surface area contributed by atoms with E-state index >= 15 is 0 Å². The average Bonchev–Trinajstić information content (AvgIpc) is 2.83. The molecule has 0 aliphatic rings. The number of hydrogen-bond acceptors (Lipinski definition) is 3. The normalized spacial score (nSPS) is 11.1. The first kappa shape index (κ1) is 20.4. The largest absolute Gasteiger partial charge is 0.444 e. The second-order valence-electron chi connectivity index (χ2n) is 5.42. The molecule has 2 rings (SSSR count). The van der Waals surface area contributed by atoms with Crippen LogP contribution in [0, 0.1) is 26.6 Å². The third kappa shape index (κ3) is 5.77. The molecule has 7 heteroatoms. The number of halogens is 2. The fraction of sp³-hybridized carbons (Fsp3) is 0.412. The van der Waals surface area contributed by atoms with E-state index in [4.69, 9.17) is 4.42 Å². The zero-order valence-electron chi connectivity index (χ0n) is 14.4. The summed E-state index contributed by atoms with van der Waals surface area (Å²) in [5.74, 6) is 1.94. The summed E-state index contributed by atoms with van der Waals surface area (Å²) in [5, 5.41) is 6.39. The minimum atomic E-state index is -0.201. The smallest absolute Gasteiger partial charge is 0.214 e. The SMILES string of the molecule is CN=C(NCCc1ccc(F)cc1C)NCc1nc(C)c(C)o1.I. The van der Waals surface area contributed by atoms with E-state index in [0.29, 0.717) is 24.9 Å². The van der Waals surface area contributed by atoms with Gasteiger partial charge in [0.2, 0.25) is 5.89 Å². The average molecular weight is 446 g/mol. The molecule has 0 fully saturated rings. The predicted octanol–water partition coefficient (Wildman–Crippen LogP) is 3.26. The van der Waals surface area contributed by atoms with Crippen molar-refractivity contribution in [2.45, 2.75) is 33.7 Å². The number of aryl methyl sites for hydroxylation is 3. The molecule has 0 aliphatic heterocycles. The zero-order chi connectivity index (χ0) is 16.8. The van der Waals surface area contributed by atoms with Crippen LogP contribution in [-0.4, -0.2) is 24.5 Å². The number of nitrogens with zero attached hydrogens (tertiary/aromatic N) is 2. The molecule has 0 radical (unpaired) electrons. The Labute approximate surface area is 159 Å². The van der Waals surface area contributed by atoms with E-state index in [1.165, 1.54) is 6.07 Å².